The molecule has 0 aliphatic heterocycles. The van der Waals surface area contributed by atoms with Crippen LogP contribution in [0.15, 0.2) is 12.3 Å². The maximum atomic E-state index is 9.24. The monoisotopic (exact) mass is 305 g/mol. The second-order valence-corrected chi connectivity index (χ2v) is 6.17. The van der Waals surface area contributed by atoms with E-state index in [1.165, 1.54) is 0 Å². The molecule has 0 amide bonds. The molecule has 6 nitrogen and oxygen atoms in total. The van der Waals surface area contributed by atoms with Gasteiger partial charge in [-0.25, -0.2) is 4.98 Å². The molecular formula is C16H27N5O. The zero-order chi connectivity index (χ0) is 16.1. The van der Waals surface area contributed by atoms with E-state index >= 15 is 0 Å². The Morgan fingerprint density at radius 3 is 2.73 bits per heavy atom. The molecule has 6 heteroatoms. The summed E-state index contributed by atoms with van der Waals surface area (Å²) in [6, 6.07) is 2.16. The first-order chi connectivity index (χ1) is 10.5. The van der Waals surface area contributed by atoms with Crippen LogP contribution in [0.3, 0.4) is 0 Å². The minimum absolute atomic E-state index is 0.161. The Labute approximate surface area is 131 Å². The average molecular weight is 305 g/mol. The summed E-state index contributed by atoms with van der Waals surface area (Å²) in [7, 11) is 0. The third-order valence-electron chi connectivity index (χ3n) is 3.65. The highest BCUT2D eigenvalue weighted by molar-refractivity contribution is 5.87. The Morgan fingerprint density at radius 2 is 2.09 bits per heavy atom. The van der Waals surface area contributed by atoms with Gasteiger partial charge in [0.25, 0.3) is 0 Å². The van der Waals surface area contributed by atoms with Crippen LogP contribution in [0.4, 0.5) is 11.8 Å². The minimum atomic E-state index is 0.161. The average Bonchev–Trinajstić information content (AvgIpc) is 2.81. The molecule has 2 aromatic rings. The topological polar surface area (TPSA) is 89.0 Å². The van der Waals surface area contributed by atoms with Crippen molar-refractivity contribution >= 4 is 22.8 Å². The number of aliphatic hydroxyl groups excluding tert-OH is 1. The number of aliphatic hydroxyl groups is 1. The van der Waals surface area contributed by atoms with E-state index in [0.717, 1.165) is 36.2 Å². The zero-order valence-corrected chi connectivity index (χ0v) is 13.7. The van der Waals surface area contributed by atoms with E-state index in [9.17, 15) is 5.11 Å². The second-order valence-electron chi connectivity index (χ2n) is 6.17. The van der Waals surface area contributed by atoms with Gasteiger partial charge in [0, 0.05) is 25.4 Å². The van der Waals surface area contributed by atoms with E-state index in [0.29, 0.717) is 12.3 Å². The van der Waals surface area contributed by atoms with E-state index in [1.54, 1.807) is 0 Å². The van der Waals surface area contributed by atoms with Gasteiger partial charge >= 0.3 is 0 Å². The molecule has 0 aliphatic carbocycles. The van der Waals surface area contributed by atoms with Crippen LogP contribution in [0.2, 0.25) is 0 Å². The van der Waals surface area contributed by atoms with Crippen LogP contribution >= 0.6 is 0 Å². The second kappa shape index (κ2) is 7.45. The smallest absolute Gasteiger partial charge is 0.222 e. The molecule has 2 heterocycles. The molecular weight excluding hydrogens is 278 g/mol. The predicted molar refractivity (Wildman–Crippen MR) is 90.8 cm³/mol. The van der Waals surface area contributed by atoms with Crippen molar-refractivity contribution in [3.63, 3.8) is 0 Å². The third-order valence-corrected chi connectivity index (χ3v) is 3.65. The quantitative estimate of drug-likeness (QED) is 0.697. The van der Waals surface area contributed by atoms with Crippen LogP contribution in [-0.2, 0) is 6.54 Å². The fourth-order valence-corrected chi connectivity index (χ4v) is 2.76. The van der Waals surface area contributed by atoms with Gasteiger partial charge in [0.15, 0.2) is 5.82 Å². The van der Waals surface area contributed by atoms with Gasteiger partial charge in [-0.2, -0.15) is 4.98 Å². The number of anilines is 2. The minimum Gasteiger partial charge on any atom is -0.396 e. The molecule has 0 aromatic carbocycles. The Balaban J connectivity index is 2.39. The Bertz CT molecular complexity index is 602. The first kappa shape index (κ1) is 16.5. The lowest BCUT2D eigenvalue weighted by atomic mass is 10.1. The number of fused-ring (bicyclic) bond motifs is 1. The van der Waals surface area contributed by atoms with Gasteiger partial charge < -0.3 is 20.7 Å². The fourth-order valence-electron chi connectivity index (χ4n) is 2.76. The molecule has 1 unspecified atom stereocenters. The molecule has 1 atom stereocenters. The van der Waals surface area contributed by atoms with Gasteiger partial charge in [-0.05, 0) is 24.8 Å². The van der Waals surface area contributed by atoms with E-state index in [-0.39, 0.29) is 18.6 Å². The summed E-state index contributed by atoms with van der Waals surface area (Å²) in [5.41, 5.74) is 7.68. The van der Waals surface area contributed by atoms with Gasteiger partial charge in [-0.15, -0.1) is 0 Å². The number of nitrogens with one attached hydrogen (secondary N) is 1. The molecule has 0 radical (unpaired) electrons. The van der Waals surface area contributed by atoms with E-state index in [1.807, 2.05) is 12.3 Å². The van der Waals surface area contributed by atoms with Gasteiger partial charge in [0.2, 0.25) is 5.95 Å². The number of hydrogen-bond donors (Lipinski definition) is 3. The SMILES string of the molecule is CCCC(CCO)Nc1nc(N)nc2ccn(CC(C)C)c12. The standard InChI is InChI=1S/C16H27N5O/c1-4-5-12(7-9-22)18-15-14-13(19-16(17)20-15)6-8-21(14)10-11(2)3/h6,8,11-12,22H,4-5,7,9-10H2,1-3H3,(H3,17,18,19,20). The van der Waals surface area contributed by atoms with Crippen molar-refractivity contribution in [3.8, 4) is 0 Å². The number of nitrogen functional groups attached to an aromatic ring is 1. The Morgan fingerprint density at radius 1 is 1.32 bits per heavy atom. The van der Waals surface area contributed by atoms with Crippen LogP contribution in [0.1, 0.15) is 40.0 Å². The molecule has 0 fully saturated rings. The number of hydrogen-bond acceptors (Lipinski definition) is 5. The molecule has 2 rings (SSSR count). The van der Waals surface area contributed by atoms with Crippen LogP contribution in [0.25, 0.3) is 11.0 Å². The number of nitrogens with two attached hydrogens (primary N) is 1. The van der Waals surface area contributed by atoms with Crippen LogP contribution in [-0.4, -0.2) is 32.3 Å². The van der Waals surface area contributed by atoms with Crippen LogP contribution < -0.4 is 11.1 Å². The fraction of sp³-hybridized carbons (Fsp3) is 0.625. The van der Waals surface area contributed by atoms with Crippen molar-refractivity contribution in [3.05, 3.63) is 12.3 Å². The molecule has 0 saturated carbocycles. The maximum Gasteiger partial charge on any atom is 0.222 e. The molecule has 2 aromatic heterocycles. The summed E-state index contributed by atoms with van der Waals surface area (Å²) in [6.45, 7) is 7.57. The van der Waals surface area contributed by atoms with Crippen molar-refractivity contribution < 1.29 is 5.11 Å². The first-order valence-corrected chi connectivity index (χ1v) is 8.04. The molecule has 4 N–H and O–H groups in total. The summed E-state index contributed by atoms with van der Waals surface area (Å²) in [4.78, 5) is 8.72. The number of nitrogens with zero attached hydrogens (tertiary/aromatic N) is 3. The summed E-state index contributed by atoms with van der Waals surface area (Å²) in [5, 5.41) is 12.7. The molecule has 0 spiro atoms. The van der Waals surface area contributed by atoms with Gasteiger partial charge in [0.05, 0.1) is 5.52 Å². The molecule has 0 saturated heterocycles. The zero-order valence-electron chi connectivity index (χ0n) is 13.7. The van der Waals surface area contributed by atoms with E-state index in [4.69, 9.17) is 5.73 Å². The number of rotatable bonds is 8. The lowest BCUT2D eigenvalue weighted by Crippen LogP contribution is -2.22. The van der Waals surface area contributed by atoms with Gasteiger partial charge in [-0.1, -0.05) is 27.2 Å². The molecule has 122 valence electrons. The first-order valence-electron chi connectivity index (χ1n) is 8.04. The summed E-state index contributed by atoms with van der Waals surface area (Å²) >= 11 is 0. The third kappa shape index (κ3) is 3.88. The molecule has 0 bridgehead atoms. The molecule has 0 aliphatic rings. The maximum absolute atomic E-state index is 9.24. The van der Waals surface area contributed by atoms with E-state index < -0.39 is 0 Å². The van der Waals surface area contributed by atoms with Crippen molar-refractivity contribution in [1.29, 1.82) is 0 Å². The highest BCUT2D eigenvalue weighted by atomic mass is 16.3. The van der Waals surface area contributed by atoms with Crippen molar-refractivity contribution in [1.82, 2.24) is 14.5 Å². The summed E-state index contributed by atoms with van der Waals surface area (Å²) < 4.78 is 2.17. The van der Waals surface area contributed by atoms with Crippen molar-refractivity contribution in [2.75, 3.05) is 17.7 Å². The lowest BCUT2D eigenvalue weighted by Gasteiger charge is -2.19. The summed E-state index contributed by atoms with van der Waals surface area (Å²) in [5.74, 6) is 1.57. The highest BCUT2D eigenvalue weighted by Crippen LogP contribution is 2.25. The lowest BCUT2D eigenvalue weighted by molar-refractivity contribution is 0.276. The van der Waals surface area contributed by atoms with E-state index in [2.05, 4.69) is 40.6 Å². The van der Waals surface area contributed by atoms with Gasteiger partial charge in [0.1, 0.15) is 5.52 Å². The van der Waals surface area contributed by atoms with Crippen molar-refractivity contribution in [2.24, 2.45) is 5.92 Å². The highest BCUT2D eigenvalue weighted by Gasteiger charge is 2.15. The number of aromatic nitrogens is 3. The predicted octanol–water partition coefficient (Wildman–Crippen LogP) is 2.63. The largest absolute Gasteiger partial charge is 0.396 e. The Hall–Kier alpha value is -1.82. The van der Waals surface area contributed by atoms with Crippen molar-refractivity contribution in [2.45, 2.75) is 52.6 Å². The normalized spacial score (nSPS) is 13.0. The summed E-state index contributed by atoms with van der Waals surface area (Å²) in [6.07, 6.45) is 4.76. The molecule has 22 heavy (non-hydrogen) atoms. The van der Waals surface area contributed by atoms with Crippen LogP contribution in [0.5, 0.6) is 0 Å². The van der Waals surface area contributed by atoms with Crippen LogP contribution in [0, 0.1) is 5.92 Å². The van der Waals surface area contributed by atoms with Gasteiger partial charge in [-0.3, -0.25) is 0 Å². The Kier molecular flexibility index (Phi) is 5.60.